The molecule has 0 unspecified atom stereocenters. The summed E-state index contributed by atoms with van der Waals surface area (Å²) in [6.45, 7) is 0. The Morgan fingerprint density at radius 1 is 1.05 bits per heavy atom. The van der Waals surface area contributed by atoms with Crippen molar-refractivity contribution in [1.29, 1.82) is 0 Å². The van der Waals surface area contributed by atoms with Crippen molar-refractivity contribution in [2.75, 3.05) is 0 Å². The molecule has 0 saturated carbocycles. The van der Waals surface area contributed by atoms with E-state index in [1.165, 1.54) is 0 Å². The van der Waals surface area contributed by atoms with E-state index in [0.717, 1.165) is 16.3 Å². The first-order valence-electron chi connectivity index (χ1n) is 6.34. The Morgan fingerprint density at radius 3 is 2.65 bits per heavy atom. The molecule has 2 nitrogen and oxygen atoms in total. The third-order valence-corrected chi connectivity index (χ3v) is 3.51. The molecular weight excluding hydrogens is 270 g/mol. The minimum Gasteiger partial charge on any atom is -0.294 e. The third-order valence-electron chi connectivity index (χ3n) is 3.26. The third kappa shape index (κ3) is 2.56. The normalized spacial score (nSPS) is 10.7. The van der Waals surface area contributed by atoms with Gasteiger partial charge in [-0.05, 0) is 29.1 Å². The van der Waals surface area contributed by atoms with Gasteiger partial charge in [0.25, 0.3) is 0 Å². The van der Waals surface area contributed by atoms with E-state index in [9.17, 15) is 4.79 Å². The predicted octanol–water partition coefficient (Wildman–Crippen LogP) is 4.31. The van der Waals surface area contributed by atoms with Gasteiger partial charge in [-0.25, -0.2) is 0 Å². The number of halogens is 1. The second kappa shape index (κ2) is 5.43. The maximum atomic E-state index is 12.5. The van der Waals surface area contributed by atoms with Crippen LogP contribution in [-0.4, -0.2) is 10.8 Å². The first kappa shape index (κ1) is 12.8. The zero-order valence-corrected chi connectivity index (χ0v) is 11.5. The molecule has 0 aliphatic carbocycles. The van der Waals surface area contributed by atoms with Crippen LogP contribution in [0.4, 0.5) is 0 Å². The molecule has 1 aromatic heterocycles. The number of hydrogen-bond acceptors (Lipinski definition) is 2. The molecule has 1 heterocycles. The highest BCUT2D eigenvalue weighted by Crippen LogP contribution is 2.19. The second-order valence-corrected chi connectivity index (χ2v) is 5.07. The largest absolute Gasteiger partial charge is 0.294 e. The van der Waals surface area contributed by atoms with Crippen molar-refractivity contribution in [3.05, 3.63) is 77.1 Å². The number of carbonyl (C=O) groups excluding carboxylic acids is 1. The van der Waals surface area contributed by atoms with Crippen molar-refractivity contribution < 1.29 is 4.79 Å². The van der Waals surface area contributed by atoms with E-state index in [4.69, 9.17) is 11.6 Å². The number of fused-ring (bicyclic) bond motifs is 1. The SMILES string of the molecule is O=C(Cc1ccc(Cl)cc1)c1cccc2ccncc12. The highest BCUT2D eigenvalue weighted by molar-refractivity contribution is 6.30. The molecule has 0 saturated heterocycles. The van der Waals surface area contributed by atoms with Crippen molar-refractivity contribution in [1.82, 2.24) is 4.98 Å². The Balaban J connectivity index is 1.94. The van der Waals surface area contributed by atoms with Gasteiger partial charge in [0.1, 0.15) is 0 Å². The van der Waals surface area contributed by atoms with E-state index in [1.54, 1.807) is 24.5 Å². The van der Waals surface area contributed by atoms with Crippen molar-refractivity contribution in [2.24, 2.45) is 0 Å². The number of Topliss-reactive ketones (excluding diaryl/α,β-unsaturated/α-hetero) is 1. The number of aromatic nitrogens is 1. The number of rotatable bonds is 3. The van der Waals surface area contributed by atoms with Crippen molar-refractivity contribution in [3.8, 4) is 0 Å². The molecule has 0 spiro atoms. The molecule has 0 fully saturated rings. The summed E-state index contributed by atoms with van der Waals surface area (Å²) in [5.74, 6) is 0.0888. The first-order chi connectivity index (χ1) is 9.74. The second-order valence-electron chi connectivity index (χ2n) is 4.63. The molecule has 98 valence electrons. The summed E-state index contributed by atoms with van der Waals surface area (Å²) in [5.41, 5.74) is 1.67. The van der Waals surface area contributed by atoms with Crippen LogP contribution in [0.1, 0.15) is 15.9 Å². The lowest BCUT2D eigenvalue weighted by Crippen LogP contribution is -2.04. The highest BCUT2D eigenvalue weighted by atomic mass is 35.5. The molecule has 0 aliphatic heterocycles. The van der Waals surface area contributed by atoms with Gasteiger partial charge in [-0.1, -0.05) is 41.9 Å². The summed E-state index contributed by atoms with van der Waals surface area (Å²) >= 11 is 5.85. The van der Waals surface area contributed by atoms with Crippen LogP contribution in [0.2, 0.25) is 5.02 Å². The Kier molecular flexibility index (Phi) is 3.48. The van der Waals surface area contributed by atoms with Crippen molar-refractivity contribution >= 4 is 28.2 Å². The zero-order chi connectivity index (χ0) is 13.9. The molecule has 0 amide bonds. The Morgan fingerprint density at radius 2 is 1.85 bits per heavy atom. The standard InChI is InChI=1S/C17H12ClNO/c18-14-6-4-12(5-7-14)10-17(20)15-3-1-2-13-8-9-19-11-16(13)15/h1-9,11H,10H2. The molecule has 0 aliphatic rings. The quantitative estimate of drug-likeness (QED) is 0.670. The van der Waals surface area contributed by atoms with Gasteiger partial charge in [0.15, 0.2) is 5.78 Å². The fraction of sp³-hybridized carbons (Fsp3) is 0.0588. The fourth-order valence-electron chi connectivity index (χ4n) is 2.24. The summed E-state index contributed by atoms with van der Waals surface area (Å²) in [6, 6.07) is 15.0. The molecule has 20 heavy (non-hydrogen) atoms. The first-order valence-corrected chi connectivity index (χ1v) is 6.72. The molecular formula is C17H12ClNO. The van der Waals surface area contributed by atoms with Gasteiger partial charge in [-0.3, -0.25) is 9.78 Å². The molecule has 2 aromatic carbocycles. The van der Waals surface area contributed by atoms with Gasteiger partial charge in [-0.2, -0.15) is 0 Å². The Hall–Kier alpha value is -2.19. The smallest absolute Gasteiger partial charge is 0.167 e. The molecule has 0 radical (unpaired) electrons. The summed E-state index contributed by atoms with van der Waals surface area (Å²) in [7, 11) is 0. The van der Waals surface area contributed by atoms with E-state index in [1.807, 2.05) is 36.4 Å². The minimum absolute atomic E-state index is 0.0888. The maximum Gasteiger partial charge on any atom is 0.167 e. The van der Waals surface area contributed by atoms with Crippen LogP contribution in [0, 0.1) is 0 Å². The predicted molar refractivity (Wildman–Crippen MR) is 81.2 cm³/mol. The van der Waals surface area contributed by atoms with E-state index in [2.05, 4.69) is 4.98 Å². The van der Waals surface area contributed by atoms with Gasteiger partial charge < -0.3 is 0 Å². The lowest BCUT2D eigenvalue weighted by Gasteiger charge is -2.05. The number of carbonyl (C=O) groups is 1. The molecule has 0 atom stereocenters. The van der Waals surface area contributed by atoms with Gasteiger partial charge in [0.2, 0.25) is 0 Å². The molecule has 3 aromatic rings. The van der Waals surface area contributed by atoms with Crippen LogP contribution in [0.5, 0.6) is 0 Å². The molecule has 0 N–H and O–H groups in total. The number of ketones is 1. The van der Waals surface area contributed by atoms with E-state index < -0.39 is 0 Å². The monoisotopic (exact) mass is 281 g/mol. The van der Waals surface area contributed by atoms with Crippen LogP contribution >= 0.6 is 11.6 Å². The lowest BCUT2D eigenvalue weighted by molar-refractivity contribution is 0.0994. The Labute approximate surface area is 122 Å². The average Bonchev–Trinajstić information content (AvgIpc) is 2.49. The van der Waals surface area contributed by atoms with Crippen LogP contribution < -0.4 is 0 Å². The van der Waals surface area contributed by atoms with E-state index in [0.29, 0.717) is 17.0 Å². The highest BCUT2D eigenvalue weighted by Gasteiger charge is 2.10. The van der Waals surface area contributed by atoms with E-state index >= 15 is 0 Å². The molecule has 3 heteroatoms. The Bertz CT molecular complexity index is 760. The summed E-state index contributed by atoms with van der Waals surface area (Å²) in [5, 5.41) is 2.60. The van der Waals surface area contributed by atoms with Crippen molar-refractivity contribution in [2.45, 2.75) is 6.42 Å². The number of pyridine rings is 1. The van der Waals surface area contributed by atoms with Gasteiger partial charge in [0, 0.05) is 34.8 Å². The van der Waals surface area contributed by atoms with Crippen LogP contribution in [-0.2, 0) is 6.42 Å². The van der Waals surface area contributed by atoms with Crippen molar-refractivity contribution in [3.63, 3.8) is 0 Å². The van der Waals surface area contributed by atoms with Crippen LogP contribution in [0.3, 0.4) is 0 Å². The average molecular weight is 282 g/mol. The summed E-state index contributed by atoms with van der Waals surface area (Å²) < 4.78 is 0. The maximum absolute atomic E-state index is 12.5. The summed E-state index contributed by atoms with van der Waals surface area (Å²) in [6.07, 6.45) is 3.84. The molecule has 0 bridgehead atoms. The summed E-state index contributed by atoms with van der Waals surface area (Å²) in [4.78, 5) is 16.6. The zero-order valence-electron chi connectivity index (χ0n) is 10.7. The minimum atomic E-state index is 0.0888. The van der Waals surface area contributed by atoms with Crippen LogP contribution in [0.15, 0.2) is 60.9 Å². The number of nitrogens with zero attached hydrogens (tertiary/aromatic N) is 1. The van der Waals surface area contributed by atoms with Gasteiger partial charge >= 0.3 is 0 Å². The number of benzene rings is 2. The molecule has 3 rings (SSSR count). The topological polar surface area (TPSA) is 30.0 Å². The lowest BCUT2D eigenvalue weighted by atomic mass is 9.99. The number of hydrogen-bond donors (Lipinski definition) is 0. The van der Waals surface area contributed by atoms with E-state index in [-0.39, 0.29) is 5.78 Å². The van der Waals surface area contributed by atoms with Gasteiger partial charge in [0.05, 0.1) is 0 Å². The fourth-order valence-corrected chi connectivity index (χ4v) is 2.37. The van der Waals surface area contributed by atoms with Gasteiger partial charge in [-0.15, -0.1) is 0 Å². The van der Waals surface area contributed by atoms with Crippen LogP contribution in [0.25, 0.3) is 10.8 Å².